The molecule has 18 heavy (non-hydrogen) atoms. The molecule has 1 aliphatic rings. The van der Waals surface area contributed by atoms with E-state index in [-0.39, 0.29) is 5.54 Å². The Morgan fingerprint density at radius 3 is 3.00 bits per heavy atom. The third-order valence-electron chi connectivity index (χ3n) is 4.28. The first-order valence-corrected chi connectivity index (χ1v) is 7.82. The molecule has 1 aromatic heterocycles. The minimum Gasteiger partial charge on any atom is -0.311 e. The second-order valence-corrected chi connectivity index (χ2v) is 6.68. The van der Waals surface area contributed by atoms with Gasteiger partial charge in [-0.2, -0.15) is 0 Å². The lowest BCUT2D eigenvalue weighted by atomic mass is 9.94. The van der Waals surface area contributed by atoms with Crippen LogP contribution < -0.4 is 5.32 Å². The van der Waals surface area contributed by atoms with Crippen molar-refractivity contribution < 1.29 is 0 Å². The highest BCUT2D eigenvalue weighted by Crippen LogP contribution is 2.30. The van der Waals surface area contributed by atoms with Crippen LogP contribution in [0.1, 0.15) is 39.1 Å². The first-order valence-electron chi connectivity index (χ1n) is 6.94. The molecule has 1 fully saturated rings. The van der Waals surface area contributed by atoms with Crippen molar-refractivity contribution in [2.75, 3.05) is 19.6 Å². The molecule has 2 unspecified atom stereocenters. The normalized spacial score (nSPS) is 24.1. The lowest BCUT2D eigenvalue weighted by Crippen LogP contribution is -2.58. The van der Waals surface area contributed by atoms with E-state index in [4.69, 9.17) is 0 Å². The van der Waals surface area contributed by atoms with Gasteiger partial charge in [0.15, 0.2) is 0 Å². The molecule has 0 aliphatic carbocycles. The van der Waals surface area contributed by atoms with Crippen LogP contribution in [-0.4, -0.2) is 35.6 Å². The molecule has 1 saturated heterocycles. The van der Waals surface area contributed by atoms with E-state index in [1.54, 1.807) is 11.3 Å². The van der Waals surface area contributed by atoms with Gasteiger partial charge in [0.05, 0.1) is 5.54 Å². The summed E-state index contributed by atoms with van der Waals surface area (Å²) in [5.74, 6) is 0.736. The fourth-order valence-corrected chi connectivity index (χ4v) is 3.40. The zero-order valence-corrected chi connectivity index (χ0v) is 12.8. The molecule has 2 heterocycles. The Kier molecular flexibility index (Phi) is 4.41. The quantitative estimate of drug-likeness (QED) is 0.909. The van der Waals surface area contributed by atoms with E-state index < -0.39 is 0 Å². The monoisotopic (exact) mass is 267 g/mol. The van der Waals surface area contributed by atoms with Gasteiger partial charge in [0.25, 0.3) is 0 Å². The second kappa shape index (κ2) is 5.68. The summed E-state index contributed by atoms with van der Waals surface area (Å²) >= 11 is 1.77. The van der Waals surface area contributed by atoms with Crippen LogP contribution in [0.4, 0.5) is 0 Å². The molecule has 0 amide bonds. The summed E-state index contributed by atoms with van der Waals surface area (Å²) < 4.78 is 0. The Morgan fingerprint density at radius 1 is 1.61 bits per heavy atom. The van der Waals surface area contributed by atoms with Crippen LogP contribution in [0.15, 0.2) is 11.6 Å². The summed E-state index contributed by atoms with van der Waals surface area (Å²) in [7, 11) is 0. The molecular weight excluding hydrogens is 242 g/mol. The molecule has 2 atom stereocenters. The molecule has 1 aliphatic heterocycles. The zero-order valence-electron chi connectivity index (χ0n) is 11.9. The maximum Gasteiger partial charge on any atom is 0.112 e. The summed E-state index contributed by atoms with van der Waals surface area (Å²) in [6, 6.07) is 0.614. The van der Waals surface area contributed by atoms with Gasteiger partial charge in [-0.25, -0.2) is 4.98 Å². The number of nitrogens with zero attached hydrogens (tertiary/aromatic N) is 2. The predicted octanol–water partition coefficient (Wildman–Crippen LogP) is 2.70. The standard InChI is InChI=1S/C14H25N3S/c1-5-11(2)12-10-17(8-6-15-12)14(3,4)13-16-7-9-18-13/h7,9,11-12,15H,5-6,8,10H2,1-4H3. The SMILES string of the molecule is CCC(C)C1CN(C(C)(C)c2nccs2)CCN1. The average molecular weight is 267 g/mol. The highest BCUT2D eigenvalue weighted by Gasteiger charge is 2.35. The summed E-state index contributed by atoms with van der Waals surface area (Å²) in [6.07, 6.45) is 3.15. The maximum atomic E-state index is 4.51. The van der Waals surface area contributed by atoms with E-state index in [0.29, 0.717) is 6.04 Å². The molecule has 2 rings (SSSR count). The highest BCUT2D eigenvalue weighted by molar-refractivity contribution is 7.09. The second-order valence-electron chi connectivity index (χ2n) is 5.79. The number of hydrogen-bond acceptors (Lipinski definition) is 4. The molecule has 1 aromatic rings. The summed E-state index contributed by atoms with van der Waals surface area (Å²) in [5, 5.41) is 6.96. The Balaban J connectivity index is 2.09. The molecule has 1 N–H and O–H groups in total. The Hall–Kier alpha value is -0.450. The van der Waals surface area contributed by atoms with Gasteiger partial charge in [0, 0.05) is 37.3 Å². The van der Waals surface area contributed by atoms with Gasteiger partial charge in [0.2, 0.25) is 0 Å². The van der Waals surface area contributed by atoms with E-state index in [1.807, 2.05) is 6.20 Å². The lowest BCUT2D eigenvalue weighted by molar-refractivity contribution is 0.0671. The summed E-state index contributed by atoms with van der Waals surface area (Å²) in [5.41, 5.74) is 0.0575. The third kappa shape index (κ3) is 2.76. The molecule has 0 radical (unpaired) electrons. The summed E-state index contributed by atoms with van der Waals surface area (Å²) in [6.45, 7) is 12.5. The van der Waals surface area contributed by atoms with Gasteiger partial charge < -0.3 is 5.32 Å². The van der Waals surface area contributed by atoms with Crippen LogP contribution in [0.3, 0.4) is 0 Å². The van der Waals surface area contributed by atoms with E-state index in [1.165, 1.54) is 11.4 Å². The number of rotatable bonds is 4. The highest BCUT2D eigenvalue weighted by atomic mass is 32.1. The maximum absolute atomic E-state index is 4.51. The van der Waals surface area contributed by atoms with Crippen LogP contribution in [0.2, 0.25) is 0 Å². The van der Waals surface area contributed by atoms with Crippen molar-refractivity contribution in [2.24, 2.45) is 5.92 Å². The van der Waals surface area contributed by atoms with Crippen LogP contribution in [0.25, 0.3) is 0 Å². The number of thiazole rings is 1. The molecule has 0 spiro atoms. The van der Waals surface area contributed by atoms with E-state index in [2.05, 4.69) is 48.3 Å². The van der Waals surface area contributed by atoms with Crippen LogP contribution in [0, 0.1) is 5.92 Å². The van der Waals surface area contributed by atoms with Gasteiger partial charge in [-0.05, 0) is 19.8 Å². The molecule has 0 saturated carbocycles. The van der Waals surface area contributed by atoms with Gasteiger partial charge in [-0.3, -0.25) is 4.90 Å². The molecule has 3 nitrogen and oxygen atoms in total. The minimum absolute atomic E-state index is 0.0575. The summed E-state index contributed by atoms with van der Waals surface area (Å²) in [4.78, 5) is 7.09. The van der Waals surface area contributed by atoms with Crippen molar-refractivity contribution in [3.63, 3.8) is 0 Å². The average Bonchev–Trinajstić information content (AvgIpc) is 2.92. The molecule has 0 aromatic carbocycles. The van der Waals surface area contributed by atoms with Crippen LogP contribution in [-0.2, 0) is 5.54 Å². The fraction of sp³-hybridized carbons (Fsp3) is 0.786. The van der Waals surface area contributed by atoms with Crippen molar-refractivity contribution in [1.29, 1.82) is 0 Å². The Labute approximate surface area is 115 Å². The zero-order chi connectivity index (χ0) is 13.2. The van der Waals surface area contributed by atoms with E-state index in [9.17, 15) is 0 Å². The van der Waals surface area contributed by atoms with Gasteiger partial charge in [0.1, 0.15) is 5.01 Å². The van der Waals surface area contributed by atoms with Crippen LogP contribution in [0.5, 0.6) is 0 Å². The van der Waals surface area contributed by atoms with Crippen molar-refractivity contribution in [2.45, 2.75) is 45.7 Å². The topological polar surface area (TPSA) is 28.2 Å². The third-order valence-corrected chi connectivity index (χ3v) is 5.37. The number of piperazine rings is 1. The number of hydrogen-bond donors (Lipinski definition) is 1. The van der Waals surface area contributed by atoms with Crippen molar-refractivity contribution in [1.82, 2.24) is 15.2 Å². The molecule has 4 heteroatoms. The van der Waals surface area contributed by atoms with Crippen molar-refractivity contribution >= 4 is 11.3 Å². The van der Waals surface area contributed by atoms with Crippen molar-refractivity contribution in [3.8, 4) is 0 Å². The number of nitrogens with one attached hydrogen (secondary N) is 1. The lowest BCUT2D eigenvalue weighted by Gasteiger charge is -2.44. The largest absolute Gasteiger partial charge is 0.311 e. The first kappa shape index (κ1) is 14.0. The van der Waals surface area contributed by atoms with Gasteiger partial charge >= 0.3 is 0 Å². The molecular formula is C14H25N3S. The fourth-order valence-electron chi connectivity index (χ4n) is 2.61. The molecule has 102 valence electrons. The van der Waals surface area contributed by atoms with E-state index >= 15 is 0 Å². The van der Waals surface area contributed by atoms with Gasteiger partial charge in [-0.15, -0.1) is 11.3 Å². The molecule has 0 bridgehead atoms. The first-order chi connectivity index (χ1) is 8.55. The minimum atomic E-state index is 0.0575. The Morgan fingerprint density at radius 2 is 2.39 bits per heavy atom. The van der Waals surface area contributed by atoms with Crippen molar-refractivity contribution in [3.05, 3.63) is 16.6 Å². The van der Waals surface area contributed by atoms with E-state index in [0.717, 1.165) is 25.6 Å². The predicted molar refractivity (Wildman–Crippen MR) is 78.0 cm³/mol. The smallest absolute Gasteiger partial charge is 0.112 e. The van der Waals surface area contributed by atoms with Gasteiger partial charge in [-0.1, -0.05) is 20.3 Å². The Bertz CT molecular complexity index is 361. The van der Waals surface area contributed by atoms with Crippen LogP contribution >= 0.6 is 11.3 Å². The number of aromatic nitrogens is 1.